The number of anilines is 3. The molecule has 4 amide bonds. The van der Waals surface area contributed by atoms with Gasteiger partial charge in [-0.3, -0.25) is 8.74 Å². The first-order valence-electron chi connectivity index (χ1n) is 38.1. The van der Waals surface area contributed by atoms with Crippen LogP contribution in [0, 0.1) is 16.7 Å². The summed E-state index contributed by atoms with van der Waals surface area (Å²) in [7, 11) is -10.2. The molecule has 117 heavy (non-hydrogen) atoms. The van der Waals surface area contributed by atoms with Crippen LogP contribution >= 0.6 is 0 Å². The number of ether oxygens (including phenoxy) is 3. The van der Waals surface area contributed by atoms with Crippen LogP contribution in [0.5, 0.6) is 0 Å². The maximum Gasteiger partial charge on any atom is 1.00 e. The zero-order valence-electron chi connectivity index (χ0n) is 68.1. The fourth-order valence-electron chi connectivity index (χ4n) is 15.5. The van der Waals surface area contributed by atoms with E-state index in [1.165, 1.54) is 0 Å². The SMILES string of the molecule is CCCC[C@]1(CC)CS(=O)(=O)c2ccc(N(C)C)cc2[C@@H](c2cccc(CNC(=O)N[C@@H]3O[C@H](COS(=O)(=O)O)[C@@H](O)[C@H](OCc4ccccc4)[C@H]3O)c2)[C@H]1O.CCCC[C@]1(CC)CS(=O)(=O)c2ccc(N(C)C)cc2[C@@H](c2cccc(NC(=O)N[C@@H]3C[C@H](COS(=O)(=O)[O-])C(O)[C@H](OCc4ccccc4)C3O)c2)[C@H]1O.CC[O-].O.[K+].[K+]. The van der Waals surface area contributed by atoms with Crippen LogP contribution in [0.3, 0.4) is 0 Å². The third-order valence-electron chi connectivity index (χ3n) is 21.7. The van der Waals surface area contributed by atoms with Crippen LogP contribution < -0.4 is 139 Å². The Labute approximate surface area is 772 Å². The molecule has 638 valence electrons. The van der Waals surface area contributed by atoms with Crippen LogP contribution in [0.25, 0.3) is 0 Å². The van der Waals surface area contributed by atoms with Gasteiger partial charge in [-0.15, -0.1) is 6.61 Å². The number of carbonyl (C=O) groups excluding carboxylic acids is 2. The van der Waals surface area contributed by atoms with E-state index in [2.05, 4.69) is 29.6 Å². The smallest absolute Gasteiger partial charge is 0.855 e. The number of carbonyl (C=O) groups is 2. The molecule has 37 heteroatoms. The number of hydrogen-bond acceptors (Lipinski definition) is 25. The van der Waals surface area contributed by atoms with Crippen molar-refractivity contribution in [3.63, 3.8) is 0 Å². The van der Waals surface area contributed by atoms with Gasteiger partial charge in [-0.25, -0.2) is 39.0 Å². The van der Waals surface area contributed by atoms with Gasteiger partial charge in [-0.2, -0.15) is 8.42 Å². The number of aliphatic hydroxyl groups is 6. The molecular weight excluding hydrogens is 1650 g/mol. The van der Waals surface area contributed by atoms with Gasteiger partial charge in [0.05, 0.1) is 72.1 Å². The minimum atomic E-state index is -5.10. The molecule has 3 aliphatic heterocycles. The van der Waals surface area contributed by atoms with Crippen molar-refractivity contribution in [1.29, 1.82) is 0 Å². The van der Waals surface area contributed by atoms with Crippen molar-refractivity contribution in [1.82, 2.24) is 16.0 Å². The summed E-state index contributed by atoms with van der Waals surface area (Å²) in [5.41, 5.74) is 4.30. The van der Waals surface area contributed by atoms with Crippen molar-refractivity contribution in [3.8, 4) is 0 Å². The average Bonchev–Trinajstić information content (AvgIpc) is 1.60. The summed E-state index contributed by atoms with van der Waals surface area (Å²) in [6, 6.07) is 39.6. The molecule has 16 atom stereocenters. The predicted octanol–water partition coefficient (Wildman–Crippen LogP) is -0.267. The van der Waals surface area contributed by atoms with E-state index in [-0.39, 0.29) is 162 Å². The maximum atomic E-state index is 14.0. The van der Waals surface area contributed by atoms with E-state index in [1.807, 2.05) is 90.0 Å². The predicted molar refractivity (Wildman–Crippen MR) is 428 cm³/mol. The van der Waals surface area contributed by atoms with Gasteiger partial charge in [-0.1, -0.05) is 157 Å². The molecule has 6 aromatic rings. The Kier molecular flexibility index (Phi) is 41.2. The molecule has 3 heterocycles. The number of nitrogens with one attached hydrogen (secondary N) is 4. The standard InChI is InChI=1S/C39H53N3O12S2.C39H53N3O11S2.C2H5O.2K.H2O/c1-5-7-18-39(6-2)24-55(47,48)31-17-16-28(42(3)4)20-29(31)32(36(39)45)27-15-11-14-26(19-27)21-40-38(46)41-37-34(44)35(52-22-25-12-9-8-10-13-25)33(43)30(54-37)23-53-56(49,50)51;1-5-7-18-39(6-2)24-54(47,48)32-17-16-29(42(3)4)21-30(32)33(37(39)45)26-14-11-15-28(19-26)40-38(46)41-31-20-27(23-53-55(49,50)51)34(43)36(35(31)44)52-22-25-12-9-8-10-13-25;1-2-3;;;/h8-17,19-20,30,32-37,43-45H,5-7,18,21-24H2,1-4H3,(H2,40,41,46)(H,49,50,51);8-17,19,21,27,31,33-37,43-45H,5-7,18,20,22-24H2,1-4H3,(H2,40,41,46)(H,49,50,51);2H2,1H3;;;1H2/q;;-1;2*+1;/p-1/t30-,32-,33-,34-,35+,36-,37-,39-;27-,31-,33-,34?,35?,36+,37-,39-;;;;/m11..../s1. The topological polar surface area (TPSA) is 491 Å². The van der Waals surface area contributed by atoms with Crippen LogP contribution in [-0.4, -0.2) is 218 Å². The van der Waals surface area contributed by atoms with Gasteiger partial charge in [0, 0.05) is 80.4 Å². The third kappa shape index (κ3) is 27.7. The Hall–Kier alpha value is -4.07. The molecule has 0 spiro atoms. The molecule has 13 N–H and O–H groups in total. The van der Waals surface area contributed by atoms with Gasteiger partial charge in [0.15, 0.2) is 25.9 Å². The number of hydrogen-bond donors (Lipinski definition) is 11. The van der Waals surface area contributed by atoms with Crippen LogP contribution in [0.2, 0.25) is 0 Å². The number of nitrogens with zero attached hydrogens (tertiary/aromatic N) is 2. The van der Waals surface area contributed by atoms with E-state index in [1.54, 1.807) is 128 Å². The molecule has 1 aliphatic carbocycles. The van der Waals surface area contributed by atoms with Crippen LogP contribution in [0.15, 0.2) is 155 Å². The monoisotopic (exact) mass is 1760 g/mol. The number of aliphatic hydroxyl groups excluding tert-OH is 6. The number of benzene rings is 6. The molecule has 0 radical (unpaired) electrons. The van der Waals surface area contributed by atoms with Crippen LogP contribution in [0.4, 0.5) is 26.7 Å². The van der Waals surface area contributed by atoms with Crippen molar-refractivity contribution in [2.75, 3.05) is 74.6 Å². The number of sulfone groups is 2. The third-order valence-corrected chi connectivity index (χ3v) is 26.6. The summed E-state index contributed by atoms with van der Waals surface area (Å²) in [5, 5.41) is 88.7. The number of urea groups is 2. The number of amides is 4. The quantitative estimate of drug-likeness (QED) is 0.0164. The second-order valence-corrected chi connectivity index (χ2v) is 36.0. The summed E-state index contributed by atoms with van der Waals surface area (Å²) in [4.78, 5) is 30.9. The fraction of sp³-hybridized carbons (Fsp3) is 0.525. The van der Waals surface area contributed by atoms with Gasteiger partial charge in [0.1, 0.15) is 36.6 Å². The molecule has 10 rings (SSSR count). The maximum absolute atomic E-state index is 14.0. The van der Waals surface area contributed by atoms with E-state index in [4.69, 9.17) is 23.9 Å². The largest absolute Gasteiger partial charge is 1.00 e. The number of rotatable bonds is 29. The zero-order valence-corrected chi connectivity index (χ0v) is 77.6. The normalized spacial score (nSPS) is 26.3. The summed E-state index contributed by atoms with van der Waals surface area (Å²) in [6.07, 6.45) is -8.91. The van der Waals surface area contributed by atoms with E-state index in [9.17, 15) is 78.5 Å². The summed E-state index contributed by atoms with van der Waals surface area (Å²) >= 11 is 0. The van der Waals surface area contributed by atoms with Crippen molar-refractivity contribution < 1.29 is 219 Å². The molecule has 6 aromatic carbocycles. The molecule has 31 nitrogen and oxygen atoms in total. The van der Waals surface area contributed by atoms with Crippen molar-refractivity contribution in [3.05, 3.63) is 185 Å². The zero-order chi connectivity index (χ0) is 83.7. The van der Waals surface area contributed by atoms with Crippen LogP contribution in [0.1, 0.15) is 143 Å². The molecule has 0 aromatic heterocycles. The minimum Gasteiger partial charge on any atom is -0.855 e. The van der Waals surface area contributed by atoms with E-state index in [0.29, 0.717) is 59.2 Å². The van der Waals surface area contributed by atoms with E-state index < -0.39 is 162 Å². The molecular formula is C80H112K2N6O25S4. The second kappa shape index (κ2) is 46.6. The molecule has 0 bridgehead atoms. The molecule has 1 saturated carbocycles. The first-order chi connectivity index (χ1) is 53.9. The van der Waals surface area contributed by atoms with E-state index in [0.717, 1.165) is 48.2 Å². The van der Waals surface area contributed by atoms with Gasteiger partial charge in [0.25, 0.3) is 0 Å². The Morgan fingerprint density at radius 1 is 0.573 bits per heavy atom. The van der Waals surface area contributed by atoms with Gasteiger partial charge in [0.2, 0.25) is 10.4 Å². The Balaban J connectivity index is 0.000000394. The van der Waals surface area contributed by atoms with Gasteiger partial charge in [-0.05, 0) is 120 Å². The number of unbranched alkanes of at least 4 members (excludes halogenated alkanes) is 2. The molecule has 2 fully saturated rings. The number of fused-ring (bicyclic) bond motifs is 2. The van der Waals surface area contributed by atoms with Crippen molar-refractivity contribution in [2.45, 2.75) is 201 Å². The summed E-state index contributed by atoms with van der Waals surface area (Å²) in [5.74, 6) is -2.87. The van der Waals surface area contributed by atoms with Gasteiger partial charge >= 0.3 is 125 Å². The van der Waals surface area contributed by atoms with E-state index >= 15 is 0 Å². The summed E-state index contributed by atoms with van der Waals surface area (Å²) < 4.78 is 148. The Bertz CT molecular complexity index is 4630. The summed E-state index contributed by atoms with van der Waals surface area (Å²) in [6.45, 7) is 7.83. The first kappa shape index (κ1) is 103. The second-order valence-electron chi connectivity index (χ2n) is 29.9. The molecule has 1 saturated heterocycles. The fourth-order valence-corrected chi connectivity index (χ4v) is 20.6. The van der Waals surface area contributed by atoms with Gasteiger partial charge < -0.3 is 91.1 Å². The Morgan fingerprint density at radius 3 is 1.49 bits per heavy atom. The average molecular weight is 1760 g/mol. The molecule has 4 aliphatic rings. The molecule has 2 unspecified atom stereocenters. The van der Waals surface area contributed by atoms with Crippen molar-refractivity contribution in [2.24, 2.45) is 16.7 Å². The minimum absolute atomic E-state index is 0. The Morgan fingerprint density at radius 2 is 1.03 bits per heavy atom. The van der Waals surface area contributed by atoms with Crippen molar-refractivity contribution >= 4 is 69.6 Å². The first-order valence-corrected chi connectivity index (χ1v) is 44.1. The van der Waals surface area contributed by atoms with Crippen LogP contribution in [-0.2, 0) is 82.8 Å².